The molecule has 0 aliphatic carbocycles. The van der Waals surface area contributed by atoms with Crippen molar-refractivity contribution in [2.24, 2.45) is 0 Å². The van der Waals surface area contributed by atoms with Crippen molar-refractivity contribution in [2.75, 3.05) is 34.4 Å². The van der Waals surface area contributed by atoms with Gasteiger partial charge in [-0.15, -0.1) is 0 Å². The molecule has 0 saturated heterocycles. The third-order valence-corrected chi connectivity index (χ3v) is 4.02. The lowest BCUT2D eigenvalue weighted by Gasteiger charge is -2.15. The van der Waals surface area contributed by atoms with Crippen molar-refractivity contribution in [3.05, 3.63) is 53.1 Å². The Morgan fingerprint density at radius 3 is 2.08 bits per heavy atom. The van der Waals surface area contributed by atoms with Gasteiger partial charge >= 0.3 is 0 Å². The molecule has 26 heavy (non-hydrogen) atoms. The molecule has 0 unspecified atom stereocenters. The standard InChI is InChI=1S/C20H26N2O4/c1-14-5-7-15(8-6-14)20(23)22-10-9-21-13-17-18(25-3)11-16(24-2)12-19(17)26-4/h5-8,11-12,21H,9-10,13H2,1-4H3,(H,22,23). The maximum Gasteiger partial charge on any atom is 0.251 e. The highest BCUT2D eigenvalue weighted by atomic mass is 16.5. The fourth-order valence-electron chi connectivity index (χ4n) is 2.54. The van der Waals surface area contributed by atoms with Crippen LogP contribution in [0.3, 0.4) is 0 Å². The number of benzene rings is 2. The third-order valence-electron chi connectivity index (χ3n) is 4.02. The molecule has 0 saturated carbocycles. The van der Waals surface area contributed by atoms with Crippen LogP contribution in [0.1, 0.15) is 21.5 Å². The highest BCUT2D eigenvalue weighted by Gasteiger charge is 2.13. The van der Waals surface area contributed by atoms with E-state index >= 15 is 0 Å². The molecule has 2 aromatic rings. The fourth-order valence-corrected chi connectivity index (χ4v) is 2.54. The summed E-state index contributed by atoms with van der Waals surface area (Å²) in [6, 6.07) is 11.1. The molecule has 0 atom stereocenters. The zero-order valence-electron chi connectivity index (χ0n) is 15.7. The van der Waals surface area contributed by atoms with E-state index in [9.17, 15) is 4.79 Å². The molecule has 6 nitrogen and oxygen atoms in total. The summed E-state index contributed by atoms with van der Waals surface area (Å²) in [5, 5.41) is 6.19. The SMILES string of the molecule is COc1cc(OC)c(CNCCNC(=O)c2ccc(C)cc2)c(OC)c1. The van der Waals surface area contributed by atoms with E-state index in [4.69, 9.17) is 14.2 Å². The molecular weight excluding hydrogens is 332 g/mol. The number of hydrogen-bond acceptors (Lipinski definition) is 5. The van der Waals surface area contributed by atoms with Crippen LogP contribution in [-0.4, -0.2) is 40.3 Å². The van der Waals surface area contributed by atoms with Gasteiger partial charge in [-0.2, -0.15) is 0 Å². The quantitative estimate of drug-likeness (QED) is 0.674. The molecule has 0 spiro atoms. The number of carbonyl (C=O) groups is 1. The molecule has 140 valence electrons. The predicted octanol–water partition coefficient (Wildman–Crippen LogP) is 2.54. The van der Waals surface area contributed by atoms with Gasteiger partial charge in [0.2, 0.25) is 0 Å². The second kappa shape index (κ2) is 9.68. The Balaban J connectivity index is 1.86. The second-order valence-electron chi connectivity index (χ2n) is 5.81. The first kappa shape index (κ1) is 19.6. The van der Waals surface area contributed by atoms with Crippen LogP contribution in [-0.2, 0) is 6.54 Å². The average molecular weight is 358 g/mol. The van der Waals surface area contributed by atoms with Crippen molar-refractivity contribution in [3.63, 3.8) is 0 Å². The van der Waals surface area contributed by atoms with Crippen LogP contribution in [0, 0.1) is 6.92 Å². The Hall–Kier alpha value is -2.73. The molecule has 2 aromatic carbocycles. The smallest absolute Gasteiger partial charge is 0.251 e. The Morgan fingerprint density at radius 1 is 0.923 bits per heavy atom. The van der Waals surface area contributed by atoms with E-state index < -0.39 is 0 Å². The predicted molar refractivity (Wildman–Crippen MR) is 101 cm³/mol. The lowest BCUT2D eigenvalue weighted by molar-refractivity contribution is 0.0954. The molecule has 0 aliphatic heterocycles. The average Bonchev–Trinajstić information content (AvgIpc) is 2.67. The first-order valence-electron chi connectivity index (χ1n) is 8.43. The van der Waals surface area contributed by atoms with Gasteiger partial charge in [0.05, 0.1) is 26.9 Å². The Bertz CT molecular complexity index is 704. The highest BCUT2D eigenvalue weighted by molar-refractivity contribution is 5.94. The summed E-state index contributed by atoms with van der Waals surface area (Å²) in [5.41, 5.74) is 2.69. The monoisotopic (exact) mass is 358 g/mol. The number of amides is 1. The van der Waals surface area contributed by atoms with E-state index in [0.29, 0.717) is 42.4 Å². The molecule has 0 radical (unpaired) electrons. The van der Waals surface area contributed by atoms with Crippen LogP contribution in [0.15, 0.2) is 36.4 Å². The van der Waals surface area contributed by atoms with Crippen LogP contribution in [0.25, 0.3) is 0 Å². The summed E-state index contributed by atoms with van der Waals surface area (Å²) in [6.07, 6.45) is 0. The van der Waals surface area contributed by atoms with Gasteiger partial charge in [0.25, 0.3) is 5.91 Å². The molecule has 0 aromatic heterocycles. The van der Waals surface area contributed by atoms with Gasteiger partial charge in [0.1, 0.15) is 17.2 Å². The topological polar surface area (TPSA) is 68.8 Å². The van der Waals surface area contributed by atoms with Gasteiger partial charge in [-0.25, -0.2) is 0 Å². The van der Waals surface area contributed by atoms with E-state index in [2.05, 4.69) is 10.6 Å². The van der Waals surface area contributed by atoms with Crippen molar-refractivity contribution in [1.29, 1.82) is 0 Å². The van der Waals surface area contributed by atoms with Gasteiger partial charge in [-0.1, -0.05) is 17.7 Å². The minimum absolute atomic E-state index is 0.0774. The molecule has 0 aliphatic rings. The number of methoxy groups -OCH3 is 3. The van der Waals surface area contributed by atoms with Crippen molar-refractivity contribution in [2.45, 2.75) is 13.5 Å². The van der Waals surface area contributed by atoms with Crippen LogP contribution in [0.5, 0.6) is 17.2 Å². The number of carbonyl (C=O) groups excluding carboxylic acids is 1. The van der Waals surface area contributed by atoms with Crippen molar-refractivity contribution in [1.82, 2.24) is 10.6 Å². The lowest BCUT2D eigenvalue weighted by atomic mass is 10.1. The Kier molecular flexibility index (Phi) is 7.29. The molecule has 0 bridgehead atoms. The zero-order valence-corrected chi connectivity index (χ0v) is 15.7. The van der Waals surface area contributed by atoms with Gasteiger partial charge in [-0.3, -0.25) is 4.79 Å². The minimum Gasteiger partial charge on any atom is -0.496 e. The van der Waals surface area contributed by atoms with E-state index in [1.807, 2.05) is 43.3 Å². The largest absolute Gasteiger partial charge is 0.496 e. The van der Waals surface area contributed by atoms with E-state index in [1.54, 1.807) is 21.3 Å². The molecule has 2 N–H and O–H groups in total. The summed E-state index contributed by atoms with van der Waals surface area (Å²) in [4.78, 5) is 12.1. The maximum atomic E-state index is 12.1. The van der Waals surface area contributed by atoms with Gasteiger partial charge in [0, 0.05) is 37.3 Å². The number of ether oxygens (including phenoxy) is 3. The van der Waals surface area contributed by atoms with Crippen molar-refractivity contribution in [3.8, 4) is 17.2 Å². The molecule has 0 fully saturated rings. The fraction of sp³-hybridized carbons (Fsp3) is 0.350. The minimum atomic E-state index is -0.0774. The van der Waals surface area contributed by atoms with Crippen LogP contribution < -0.4 is 24.8 Å². The number of hydrogen-bond donors (Lipinski definition) is 2. The normalized spacial score (nSPS) is 10.3. The number of nitrogens with one attached hydrogen (secondary N) is 2. The Morgan fingerprint density at radius 2 is 1.54 bits per heavy atom. The molecule has 6 heteroatoms. The van der Waals surface area contributed by atoms with Crippen LogP contribution in [0.4, 0.5) is 0 Å². The van der Waals surface area contributed by atoms with Crippen LogP contribution in [0.2, 0.25) is 0 Å². The van der Waals surface area contributed by atoms with E-state index in [0.717, 1.165) is 11.1 Å². The summed E-state index contributed by atoms with van der Waals surface area (Å²) in [7, 11) is 4.82. The highest BCUT2D eigenvalue weighted by Crippen LogP contribution is 2.33. The van der Waals surface area contributed by atoms with Gasteiger partial charge < -0.3 is 24.8 Å². The van der Waals surface area contributed by atoms with Gasteiger partial charge in [-0.05, 0) is 19.1 Å². The maximum absolute atomic E-state index is 12.1. The van der Waals surface area contributed by atoms with Crippen molar-refractivity contribution < 1.29 is 19.0 Å². The zero-order chi connectivity index (χ0) is 18.9. The first-order chi connectivity index (χ1) is 12.6. The van der Waals surface area contributed by atoms with Gasteiger partial charge in [0.15, 0.2) is 0 Å². The molecular formula is C20H26N2O4. The summed E-state index contributed by atoms with van der Waals surface area (Å²) in [5.74, 6) is 1.98. The summed E-state index contributed by atoms with van der Waals surface area (Å²) >= 11 is 0. The second-order valence-corrected chi connectivity index (χ2v) is 5.81. The summed E-state index contributed by atoms with van der Waals surface area (Å²) < 4.78 is 16.1. The first-order valence-corrected chi connectivity index (χ1v) is 8.43. The van der Waals surface area contributed by atoms with Crippen LogP contribution >= 0.6 is 0 Å². The molecule has 2 rings (SSSR count). The van der Waals surface area contributed by atoms with Crippen molar-refractivity contribution >= 4 is 5.91 Å². The lowest BCUT2D eigenvalue weighted by Crippen LogP contribution is -2.31. The third kappa shape index (κ3) is 5.13. The number of rotatable bonds is 9. The summed E-state index contributed by atoms with van der Waals surface area (Å²) in [6.45, 7) is 3.69. The molecule has 1 amide bonds. The Labute approximate surface area is 154 Å². The molecule has 0 heterocycles. The van der Waals surface area contributed by atoms with E-state index in [-0.39, 0.29) is 5.91 Å². The van der Waals surface area contributed by atoms with E-state index in [1.165, 1.54) is 0 Å². The number of aryl methyl sites for hydroxylation is 1.